The van der Waals surface area contributed by atoms with Crippen molar-refractivity contribution in [2.45, 2.75) is 26.7 Å². The molecule has 0 spiro atoms. The van der Waals surface area contributed by atoms with Crippen LogP contribution < -0.4 is 11.1 Å². The Morgan fingerprint density at radius 3 is 2.87 bits per heavy atom. The zero-order chi connectivity index (χ0) is 11.3. The maximum atomic E-state index is 11.7. The molecule has 1 amide bonds. The lowest BCUT2D eigenvalue weighted by atomic mass is 10.2. The summed E-state index contributed by atoms with van der Waals surface area (Å²) >= 11 is 1.58. The molecule has 0 aliphatic rings. The Morgan fingerprint density at radius 1 is 1.60 bits per heavy atom. The molecule has 1 aromatic rings. The van der Waals surface area contributed by atoms with E-state index in [1.807, 2.05) is 13.0 Å². The molecule has 0 bridgehead atoms. The van der Waals surface area contributed by atoms with Crippen LogP contribution in [0.25, 0.3) is 0 Å². The van der Waals surface area contributed by atoms with Crippen LogP contribution in [0.4, 0.5) is 0 Å². The van der Waals surface area contributed by atoms with E-state index in [1.54, 1.807) is 11.3 Å². The Morgan fingerprint density at radius 2 is 2.33 bits per heavy atom. The molecule has 4 heteroatoms. The minimum atomic E-state index is 0.0243. The molecule has 0 fully saturated rings. The van der Waals surface area contributed by atoms with Crippen molar-refractivity contribution >= 4 is 17.2 Å². The molecule has 1 aromatic heterocycles. The summed E-state index contributed by atoms with van der Waals surface area (Å²) in [4.78, 5) is 13.8. The summed E-state index contributed by atoms with van der Waals surface area (Å²) in [5.41, 5.74) is 6.57. The molecular formula is C11H18N2OS. The van der Waals surface area contributed by atoms with Crippen LogP contribution in [0.5, 0.6) is 0 Å². The van der Waals surface area contributed by atoms with Gasteiger partial charge in [-0.25, -0.2) is 0 Å². The fourth-order valence-electron chi connectivity index (χ4n) is 1.37. The van der Waals surface area contributed by atoms with Gasteiger partial charge in [0.25, 0.3) is 5.91 Å². The van der Waals surface area contributed by atoms with E-state index in [4.69, 9.17) is 5.73 Å². The van der Waals surface area contributed by atoms with Crippen molar-refractivity contribution in [3.8, 4) is 0 Å². The second-order valence-corrected chi connectivity index (χ2v) is 4.61. The van der Waals surface area contributed by atoms with Gasteiger partial charge in [0, 0.05) is 11.4 Å². The van der Waals surface area contributed by atoms with Gasteiger partial charge < -0.3 is 11.1 Å². The summed E-state index contributed by atoms with van der Waals surface area (Å²) in [7, 11) is 0. The molecule has 0 saturated heterocycles. The molecule has 0 aromatic carbocycles. The van der Waals surface area contributed by atoms with Crippen LogP contribution in [-0.2, 0) is 6.42 Å². The molecule has 0 unspecified atom stereocenters. The summed E-state index contributed by atoms with van der Waals surface area (Å²) < 4.78 is 0. The summed E-state index contributed by atoms with van der Waals surface area (Å²) in [6.45, 7) is 5.43. The summed E-state index contributed by atoms with van der Waals surface area (Å²) in [6.07, 6.45) is 1.82. The first kappa shape index (κ1) is 12.2. The first-order valence-electron chi connectivity index (χ1n) is 5.26. The van der Waals surface area contributed by atoms with Gasteiger partial charge >= 0.3 is 0 Å². The van der Waals surface area contributed by atoms with E-state index in [0.29, 0.717) is 13.1 Å². The minimum absolute atomic E-state index is 0.0243. The molecular weight excluding hydrogens is 208 g/mol. The van der Waals surface area contributed by atoms with Gasteiger partial charge in [-0.1, -0.05) is 6.92 Å². The molecule has 0 aliphatic heterocycles. The highest BCUT2D eigenvalue weighted by molar-refractivity contribution is 7.14. The average Bonchev–Trinajstić information content (AvgIpc) is 2.60. The van der Waals surface area contributed by atoms with Crippen LogP contribution in [0.1, 0.15) is 33.5 Å². The van der Waals surface area contributed by atoms with Crippen molar-refractivity contribution in [1.29, 1.82) is 0 Å². The first-order chi connectivity index (χ1) is 7.19. The van der Waals surface area contributed by atoms with Crippen molar-refractivity contribution in [3.63, 3.8) is 0 Å². The molecule has 0 radical (unpaired) electrons. The molecule has 0 atom stereocenters. The molecule has 1 heterocycles. The Balaban J connectivity index is 2.58. The van der Waals surface area contributed by atoms with Crippen molar-refractivity contribution in [2.75, 3.05) is 13.1 Å². The zero-order valence-corrected chi connectivity index (χ0v) is 10.1. The maximum Gasteiger partial charge on any atom is 0.261 e. The molecule has 3 N–H and O–H groups in total. The molecule has 3 nitrogen and oxygen atoms in total. The summed E-state index contributed by atoms with van der Waals surface area (Å²) in [5, 5.41) is 2.86. The Hall–Kier alpha value is -0.870. The fraction of sp³-hybridized carbons (Fsp3) is 0.545. The lowest BCUT2D eigenvalue weighted by Gasteiger charge is -2.00. The van der Waals surface area contributed by atoms with E-state index >= 15 is 0 Å². The third kappa shape index (κ3) is 3.32. The van der Waals surface area contributed by atoms with Crippen LogP contribution in [0, 0.1) is 6.92 Å². The van der Waals surface area contributed by atoms with Crippen molar-refractivity contribution in [1.82, 2.24) is 5.32 Å². The molecule has 0 aliphatic carbocycles. The van der Waals surface area contributed by atoms with E-state index in [0.717, 1.165) is 17.7 Å². The molecule has 0 saturated carbocycles. The zero-order valence-electron chi connectivity index (χ0n) is 9.30. The topological polar surface area (TPSA) is 55.1 Å². The van der Waals surface area contributed by atoms with Crippen LogP contribution in [-0.4, -0.2) is 19.0 Å². The van der Waals surface area contributed by atoms with Crippen molar-refractivity contribution in [2.24, 2.45) is 5.73 Å². The smallest absolute Gasteiger partial charge is 0.261 e. The number of carbonyl (C=O) groups excluding carboxylic acids is 1. The minimum Gasteiger partial charge on any atom is -0.351 e. The lowest BCUT2D eigenvalue weighted by molar-refractivity contribution is 0.0957. The number of hydrogen-bond donors (Lipinski definition) is 2. The van der Waals surface area contributed by atoms with Gasteiger partial charge in [-0.15, -0.1) is 11.3 Å². The van der Waals surface area contributed by atoms with E-state index in [9.17, 15) is 4.79 Å². The van der Waals surface area contributed by atoms with Crippen LogP contribution in [0.3, 0.4) is 0 Å². The lowest BCUT2D eigenvalue weighted by Crippen LogP contribution is -2.25. The summed E-state index contributed by atoms with van der Waals surface area (Å²) in [6, 6.07) is 1.96. The number of hydrogen-bond acceptors (Lipinski definition) is 3. The monoisotopic (exact) mass is 226 g/mol. The van der Waals surface area contributed by atoms with E-state index in [1.165, 1.54) is 10.4 Å². The SMILES string of the molecule is CCc1sc(C(=O)NCCCN)cc1C. The highest BCUT2D eigenvalue weighted by atomic mass is 32.1. The quantitative estimate of drug-likeness (QED) is 0.751. The number of nitrogens with one attached hydrogen (secondary N) is 1. The molecule has 84 valence electrons. The van der Waals surface area contributed by atoms with E-state index in [-0.39, 0.29) is 5.91 Å². The van der Waals surface area contributed by atoms with E-state index < -0.39 is 0 Å². The predicted octanol–water partition coefficient (Wildman–Crippen LogP) is 1.70. The number of carbonyl (C=O) groups is 1. The Kier molecular flexibility index (Phi) is 4.78. The van der Waals surface area contributed by atoms with E-state index in [2.05, 4.69) is 12.2 Å². The highest BCUT2D eigenvalue weighted by Gasteiger charge is 2.10. The predicted molar refractivity (Wildman–Crippen MR) is 64.4 cm³/mol. The summed E-state index contributed by atoms with van der Waals surface area (Å²) in [5.74, 6) is 0.0243. The highest BCUT2D eigenvalue weighted by Crippen LogP contribution is 2.21. The van der Waals surface area contributed by atoms with Crippen molar-refractivity contribution in [3.05, 3.63) is 21.4 Å². The van der Waals surface area contributed by atoms with Crippen molar-refractivity contribution < 1.29 is 4.79 Å². The third-order valence-corrected chi connectivity index (χ3v) is 3.61. The first-order valence-corrected chi connectivity index (χ1v) is 6.08. The number of thiophene rings is 1. The second kappa shape index (κ2) is 5.88. The second-order valence-electron chi connectivity index (χ2n) is 3.47. The number of aryl methyl sites for hydroxylation is 2. The molecule has 1 rings (SSSR count). The Bertz CT molecular complexity index is 333. The van der Waals surface area contributed by atoms with Gasteiger partial charge in [0.2, 0.25) is 0 Å². The van der Waals surface area contributed by atoms with Gasteiger partial charge in [0.1, 0.15) is 0 Å². The van der Waals surface area contributed by atoms with Gasteiger partial charge in [0.15, 0.2) is 0 Å². The standard InChI is InChI=1S/C11H18N2OS/c1-3-9-8(2)7-10(15-9)11(14)13-6-4-5-12/h7H,3-6,12H2,1-2H3,(H,13,14). The molecule has 15 heavy (non-hydrogen) atoms. The number of rotatable bonds is 5. The van der Waals surface area contributed by atoms with Gasteiger partial charge in [0.05, 0.1) is 4.88 Å². The largest absolute Gasteiger partial charge is 0.351 e. The normalized spacial score (nSPS) is 10.3. The third-order valence-electron chi connectivity index (χ3n) is 2.23. The van der Waals surface area contributed by atoms with Gasteiger partial charge in [-0.2, -0.15) is 0 Å². The van der Waals surface area contributed by atoms with Crippen LogP contribution >= 0.6 is 11.3 Å². The van der Waals surface area contributed by atoms with Gasteiger partial charge in [-0.3, -0.25) is 4.79 Å². The number of nitrogens with two attached hydrogens (primary N) is 1. The van der Waals surface area contributed by atoms with Crippen LogP contribution in [0.2, 0.25) is 0 Å². The Labute approximate surface area is 94.7 Å². The number of amides is 1. The fourth-order valence-corrected chi connectivity index (χ4v) is 2.40. The van der Waals surface area contributed by atoms with Crippen LogP contribution in [0.15, 0.2) is 6.07 Å². The maximum absolute atomic E-state index is 11.7. The van der Waals surface area contributed by atoms with Gasteiger partial charge in [-0.05, 0) is 37.9 Å². The average molecular weight is 226 g/mol.